The normalized spacial score (nSPS) is 30.1. The van der Waals surface area contributed by atoms with Gasteiger partial charge in [-0.25, -0.2) is 0 Å². The SMILES string of the molecule is CCCC(NCC1(O)CCC(CC)CC1)C(=O)O. The van der Waals surface area contributed by atoms with Crippen LogP contribution in [0.25, 0.3) is 0 Å². The van der Waals surface area contributed by atoms with Gasteiger partial charge in [0.1, 0.15) is 6.04 Å². The Morgan fingerprint density at radius 1 is 1.39 bits per heavy atom. The van der Waals surface area contributed by atoms with Gasteiger partial charge in [-0.2, -0.15) is 0 Å². The molecule has 1 atom stereocenters. The molecule has 4 heteroatoms. The summed E-state index contributed by atoms with van der Waals surface area (Å²) in [6, 6.07) is -0.525. The lowest BCUT2D eigenvalue weighted by Gasteiger charge is -2.36. The summed E-state index contributed by atoms with van der Waals surface area (Å²) in [4.78, 5) is 11.0. The molecule has 1 saturated carbocycles. The van der Waals surface area contributed by atoms with E-state index in [9.17, 15) is 9.90 Å². The van der Waals surface area contributed by atoms with Crippen molar-refractivity contribution < 1.29 is 15.0 Å². The Balaban J connectivity index is 2.39. The zero-order valence-corrected chi connectivity index (χ0v) is 11.6. The Hall–Kier alpha value is -0.610. The van der Waals surface area contributed by atoms with Crippen LogP contribution < -0.4 is 5.32 Å². The maximum atomic E-state index is 11.0. The van der Waals surface area contributed by atoms with Gasteiger partial charge in [-0.1, -0.05) is 26.7 Å². The Morgan fingerprint density at radius 3 is 2.44 bits per heavy atom. The average molecular weight is 257 g/mol. The van der Waals surface area contributed by atoms with E-state index in [-0.39, 0.29) is 0 Å². The molecule has 0 bridgehead atoms. The van der Waals surface area contributed by atoms with Crippen molar-refractivity contribution in [2.45, 2.75) is 70.4 Å². The van der Waals surface area contributed by atoms with Crippen LogP contribution in [0.4, 0.5) is 0 Å². The molecule has 1 aliphatic rings. The highest BCUT2D eigenvalue weighted by molar-refractivity contribution is 5.73. The van der Waals surface area contributed by atoms with Crippen LogP contribution in [0.5, 0.6) is 0 Å². The molecule has 0 aromatic heterocycles. The first-order valence-electron chi connectivity index (χ1n) is 7.19. The first kappa shape index (κ1) is 15.4. The third-order valence-corrected chi connectivity index (χ3v) is 4.17. The molecule has 1 rings (SSSR count). The number of hydrogen-bond acceptors (Lipinski definition) is 3. The number of aliphatic carboxylic acids is 1. The Labute approximate surface area is 110 Å². The number of rotatable bonds is 7. The van der Waals surface area contributed by atoms with Crippen LogP contribution in [0.3, 0.4) is 0 Å². The van der Waals surface area contributed by atoms with E-state index in [4.69, 9.17) is 5.11 Å². The quantitative estimate of drug-likeness (QED) is 0.653. The number of carbonyl (C=O) groups is 1. The van der Waals surface area contributed by atoms with Crippen molar-refractivity contribution in [1.82, 2.24) is 5.32 Å². The molecule has 0 saturated heterocycles. The van der Waals surface area contributed by atoms with Crippen molar-refractivity contribution >= 4 is 5.97 Å². The van der Waals surface area contributed by atoms with Crippen molar-refractivity contribution in [3.05, 3.63) is 0 Å². The number of nitrogens with one attached hydrogen (secondary N) is 1. The van der Waals surface area contributed by atoms with Gasteiger partial charge in [0.2, 0.25) is 0 Å². The molecule has 3 N–H and O–H groups in total. The zero-order valence-electron chi connectivity index (χ0n) is 11.6. The van der Waals surface area contributed by atoms with Crippen molar-refractivity contribution in [3.63, 3.8) is 0 Å². The van der Waals surface area contributed by atoms with Gasteiger partial charge in [-0.15, -0.1) is 0 Å². The van der Waals surface area contributed by atoms with Crippen LogP contribution in [0, 0.1) is 5.92 Å². The van der Waals surface area contributed by atoms with Gasteiger partial charge < -0.3 is 15.5 Å². The minimum absolute atomic E-state index is 0.403. The highest BCUT2D eigenvalue weighted by Gasteiger charge is 2.33. The van der Waals surface area contributed by atoms with Crippen LogP contribution in [0.15, 0.2) is 0 Å². The standard InChI is InChI=1S/C14H27NO3/c1-3-5-12(13(16)17)15-10-14(18)8-6-11(4-2)7-9-14/h11-12,15,18H,3-10H2,1-2H3,(H,16,17). The average Bonchev–Trinajstić information content (AvgIpc) is 2.35. The summed E-state index contributed by atoms with van der Waals surface area (Å²) in [5.74, 6) is -0.0844. The lowest BCUT2D eigenvalue weighted by atomic mass is 9.77. The van der Waals surface area contributed by atoms with E-state index in [1.165, 1.54) is 6.42 Å². The maximum Gasteiger partial charge on any atom is 0.320 e. The molecule has 0 spiro atoms. The molecule has 0 amide bonds. The summed E-state index contributed by atoms with van der Waals surface area (Å²) < 4.78 is 0. The molecular weight excluding hydrogens is 230 g/mol. The predicted octanol–water partition coefficient (Wildman–Crippen LogP) is 2.16. The second-order valence-corrected chi connectivity index (χ2v) is 5.64. The minimum Gasteiger partial charge on any atom is -0.480 e. The van der Waals surface area contributed by atoms with E-state index < -0.39 is 17.6 Å². The van der Waals surface area contributed by atoms with Crippen LogP contribution in [-0.2, 0) is 4.79 Å². The van der Waals surface area contributed by atoms with Crippen molar-refractivity contribution in [2.75, 3.05) is 6.54 Å². The Morgan fingerprint density at radius 2 is 2.00 bits per heavy atom. The van der Waals surface area contributed by atoms with E-state index >= 15 is 0 Å². The van der Waals surface area contributed by atoms with Crippen LogP contribution >= 0.6 is 0 Å². The van der Waals surface area contributed by atoms with Gasteiger partial charge in [-0.05, 0) is 38.0 Å². The number of carboxylic acids is 1. The third-order valence-electron chi connectivity index (χ3n) is 4.17. The molecular formula is C14H27NO3. The lowest BCUT2D eigenvalue weighted by molar-refractivity contribution is -0.140. The third kappa shape index (κ3) is 4.58. The van der Waals surface area contributed by atoms with Gasteiger partial charge in [-0.3, -0.25) is 4.79 Å². The molecule has 0 aromatic rings. The monoisotopic (exact) mass is 257 g/mol. The minimum atomic E-state index is -0.817. The summed E-state index contributed by atoms with van der Waals surface area (Å²) in [6.45, 7) is 4.56. The van der Waals surface area contributed by atoms with E-state index in [1.54, 1.807) is 0 Å². The molecule has 0 heterocycles. The highest BCUT2D eigenvalue weighted by Crippen LogP contribution is 2.33. The van der Waals surface area contributed by atoms with Crippen molar-refractivity contribution in [2.24, 2.45) is 5.92 Å². The molecule has 1 unspecified atom stereocenters. The molecule has 1 aliphatic carbocycles. The summed E-state index contributed by atoms with van der Waals surface area (Å²) in [6.07, 6.45) is 6.31. The molecule has 0 radical (unpaired) electrons. The Kier molecular flexibility index (Phi) is 6.09. The van der Waals surface area contributed by atoms with Gasteiger partial charge in [0.15, 0.2) is 0 Å². The van der Waals surface area contributed by atoms with E-state index in [1.807, 2.05) is 6.92 Å². The molecule has 0 aliphatic heterocycles. The fourth-order valence-corrected chi connectivity index (χ4v) is 2.71. The molecule has 18 heavy (non-hydrogen) atoms. The molecule has 4 nitrogen and oxygen atoms in total. The highest BCUT2D eigenvalue weighted by atomic mass is 16.4. The number of hydrogen-bond donors (Lipinski definition) is 3. The van der Waals surface area contributed by atoms with Crippen LogP contribution in [0.1, 0.15) is 58.8 Å². The molecule has 1 fully saturated rings. The molecule has 106 valence electrons. The van der Waals surface area contributed by atoms with Gasteiger partial charge in [0, 0.05) is 6.54 Å². The number of aliphatic hydroxyl groups is 1. The first-order chi connectivity index (χ1) is 8.50. The first-order valence-corrected chi connectivity index (χ1v) is 7.19. The van der Waals surface area contributed by atoms with Crippen LogP contribution in [0.2, 0.25) is 0 Å². The van der Waals surface area contributed by atoms with E-state index in [2.05, 4.69) is 12.2 Å². The zero-order chi connectivity index (χ0) is 13.6. The summed E-state index contributed by atoms with van der Waals surface area (Å²) in [7, 11) is 0. The van der Waals surface area contributed by atoms with E-state index in [0.717, 1.165) is 38.0 Å². The summed E-state index contributed by atoms with van der Waals surface area (Å²) in [5, 5.41) is 22.5. The summed E-state index contributed by atoms with van der Waals surface area (Å²) >= 11 is 0. The fourth-order valence-electron chi connectivity index (χ4n) is 2.71. The lowest BCUT2D eigenvalue weighted by Crippen LogP contribution is -2.48. The second-order valence-electron chi connectivity index (χ2n) is 5.64. The van der Waals surface area contributed by atoms with Gasteiger partial charge in [0.25, 0.3) is 0 Å². The van der Waals surface area contributed by atoms with Crippen molar-refractivity contribution in [1.29, 1.82) is 0 Å². The van der Waals surface area contributed by atoms with Gasteiger partial charge >= 0.3 is 5.97 Å². The smallest absolute Gasteiger partial charge is 0.320 e. The predicted molar refractivity (Wildman–Crippen MR) is 71.5 cm³/mol. The largest absolute Gasteiger partial charge is 0.480 e. The Bertz CT molecular complexity index is 260. The van der Waals surface area contributed by atoms with E-state index in [0.29, 0.717) is 13.0 Å². The maximum absolute atomic E-state index is 11.0. The topological polar surface area (TPSA) is 69.6 Å². The van der Waals surface area contributed by atoms with Crippen LogP contribution in [-0.4, -0.2) is 34.4 Å². The summed E-state index contributed by atoms with van der Waals surface area (Å²) in [5.41, 5.74) is -0.701. The number of carboxylic acid groups (broad SMARTS) is 1. The molecule has 0 aromatic carbocycles. The van der Waals surface area contributed by atoms with Crippen molar-refractivity contribution in [3.8, 4) is 0 Å². The van der Waals surface area contributed by atoms with Gasteiger partial charge in [0.05, 0.1) is 5.60 Å². The second kappa shape index (κ2) is 7.10. The fraction of sp³-hybridized carbons (Fsp3) is 0.929.